The van der Waals surface area contributed by atoms with Gasteiger partial charge in [0.1, 0.15) is 5.54 Å². The van der Waals surface area contributed by atoms with Gasteiger partial charge in [-0.25, -0.2) is 4.90 Å². The van der Waals surface area contributed by atoms with Crippen LogP contribution in [0.4, 0.5) is 11.4 Å². The van der Waals surface area contributed by atoms with Crippen molar-refractivity contribution in [2.75, 3.05) is 17.0 Å². The molecule has 194 valence electrons. The second-order valence-electron chi connectivity index (χ2n) is 10.3. The molecule has 0 bridgehead atoms. The van der Waals surface area contributed by atoms with Gasteiger partial charge in [-0.15, -0.1) is 0 Å². The van der Waals surface area contributed by atoms with Crippen molar-refractivity contribution in [2.24, 2.45) is 11.8 Å². The van der Waals surface area contributed by atoms with Crippen LogP contribution in [-0.4, -0.2) is 35.5 Å². The minimum atomic E-state index is -1.39. The van der Waals surface area contributed by atoms with Crippen molar-refractivity contribution in [1.82, 2.24) is 10.3 Å². The Labute approximate surface area is 230 Å². The maximum Gasteiger partial charge on any atom is 0.250 e. The zero-order valence-electron chi connectivity index (χ0n) is 20.4. The minimum absolute atomic E-state index is 0.0808. The van der Waals surface area contributed by atoms with E-state index >= 15 is 0 Å². The number of hydrogen-bond acceptors (Lipinski definition) is 6. The average molecular weight is 585 g/mol. The Morgan fingerprint density at radius 1 is 0.974 bits per heavy atom. The fourth-order valence-electron chi connectivity index (χ4n) is 6.77. The Hall–Kier alpha value is -4.15. The highest BCUT2D eigenvalue weighted by molar-refractivity contribution is 9.10. The number of carbonyl (C=O) groups is 3. The van der Waals surface area contributed by atoms with E-state index in [9.17, 15) is 14.4 Å². The van der Waals surface area contributed by atoms with Gasteiger partial charge in [0.2, 0.25) is 24.5 Å². The standard InChI is InChI=1S/C29H21BrN4O5/c30-15-5-7-20-18(10-15)29(28(37)32-20)25-24(21(33-29)9-14-12-31-19-4-2-1-3-17(14)19)26(35)34(27(25)36)16-6-8-22-23(11-16)39-13-38-22/h1-8,10-12,21,24-25,31,33H,9,13H2,(H,32,37)/t21-,24+,25-,29+/m0/s1. The minimum Gasteiger partial charge on any atom is -0.454 e. The summed E-state index contributed by atoms with van der Waals surface area (Å²) in [6, 6.07) is 18.0. The number of carbonyl (C=O) groups excluding carboxylic acids is 3. The number of halogens is 1. The summed E-state index contributed by atoms with van der Waals surface area (Å²) in [7, 11) is 0. The molecule has 1 aromatic heterocycles. The van der Waals surface area contributed by atoms with Gasteiger partial charge in [0.25, 0.3) is 0 Å². The number of aromatic nitrogens is 1. The molecule has 0 saturated carbocycles. The first-order valence-corrected chi connectivity index (χ1v) is 13.5. The van der Waals surface area contributed by atoms with E-state index in [1.54, 1.807) is 18.2 Å². The van der Waals surface area contributed by atoms with Gasteiger partial charge in [-0.3, -0.25) is 19.7 Å². The molecule has 1 spiro atoms. The molecule has 4 aliphatic heterocycles. The number of ether oxygens (including phenoxy) is 2. The number of fused-ring (bicyclic) bond motifs is 6. The third kappa shape index (κ3) is 3.01. The summed E-state index contributed by atoms with van der Waals surface area (Å²) in [4.78, 5) is 46.7. The monoisotopic (exact) mass is 584 g/mol. The van der Waals surface area contributed by atoms with Gasteiger partial charge in [0.05, 0.1) is 17.5 Å². The SMILES string of the molecule is O=C1[C@@H]2[C@H](Cc3c[nH]c4ccccc34)N[C@@]3(C(=O)Nc4ccc(Br)cc43)[C@@H]2C(=O)N1c1ccc2c(c1)OCO2. The Balaban J connectivity index is 1.28. The first-order chi connectivity index (χ1) is 19.0. The lowest BCUT2D eigenvalue weighted by molar-refractivity contribution is -0.130. The smallest absolute Gasteiger partial charge is 0.250 e. The summed E-state index contributed by atoms with van der Waals surface area (Å²) in [5.74, 6) is -1.74. The van der Waals surface area contributed by atoms with Gasteiger partial charge in [-0.05, 0) is 48.4 Å². The van der Waals surface area contributed by atoms with E-state index in [4.69, 9.17) is 9.47 Å². The first kappa shape index (κ1) is 22.8. The van der Waals surface area contributed by atoms with Gasteiger partial charge in [0.15, 0.2) is 11.5 Å². The highest BCUT2D eigenvalue weighted by Gasteiger charge is 2.70. The van der Waals surface area contributed by atoms with Crippen molar-refractivity contribution in [3.8, 4) is 11.5 Å². The van der Waals surface area contributed by atoms with Crippen molar-refractivity contribution in [2.45, 2.75) is 18.0 Å². The topological polar surface area (TPSA) is 113 Å². The lowest BCUT2D eigenvalue weighted by Gasteiger charge is -2.29. The Morgan fingerprint density at radius 2 is 1.82 bits per heavy atom. The molecule has 8 rings (SSSR count). The second-order valence-corrected chi connectivity index (χ2v) is 11.2. The zero-order chi connectivity index (χ0) is 26.5. The molecule has 4 aliphatic rings. The number of hydrogen-bond donors (Lipinski definition) is 3. The fourth-order valence-corrected chi connectivity index (χ4v) is 7.13. The van der Waals surface area contributed by atoms with Gasteiger partial charge in [-0.1, -0.05) is 34.1 Å². The molecule has 2 fully saturated rings. The van der Waals surface area contributed by atoms with Crippen molar-refractivity contribution < 1.29 is 23.9 Å². The van der Waals surface area contributed by atoms with Crippen LogP contribution in [0.3, 0.4) is 0 Å². The highest BCUT2D eigenvalue weighted by Crippen LogP contribution is 2.54. The lowest BCUT2D eigenvalue weighted by atomic mass is 9.76. The number of nitrogens with zero attached hydrogens (tertiary/aromatic N) is 1. The van der Waals surface area contributed by atoms with Crippen LogP contribution in [0.2, 0.25) is 0 Å². The van der Waals surface area contributed by atoms with E-state index in [1.165, 1.54) is 4.90 Å². The summed E-state index contributed by atoms with van der Waals surface area (Å²) in [6.45, 7) is 0.0808. The van der Waals surface area contributed by atoms with Crippen LogP contribution in [0.25, 0.3) is 10.9 Å². The fraction of sp³-hybridized carbons (Fsp3) is 0.207. The Kier molecular flexibility index (Phi) is 4.64. The molecule has 5 heterocycles. The van der Waals surface area contributed by atoms with E-state index in [-0.39, 0.29) is 18.6 Å². The molecule has 2 saturated heterocycles. The molecule has 0 unspecified atom stereocenters. The predicted molar refractivity (Wildman–Crippen MR) is 145 cm³/mol. The third-order valence-electron chi connectivity index (χ3n) is 8.41. The van der Waals surface area contributed by atoms with E-state index in [0.29, 0.717) is 34.9 Å². The van der Waals surface area contributed by atoms with Crippen LogP contribution in [0.5, 0.6) is 11.5 Å². The summed E-state index contributed by atoms with van der Waals surface area (Å²) in [6.07, 6.45) is 2.39. The molecular formula is C29H21BrN4O5. The first-order valence-electron chi connectivity index (χ1n) is 12.7. The molecule has 10 heteroatoms. The molecule has 4 aromatic rings. The molecule has 0 radical (unpaired) electrons. The lowest BCUT2D eigenvalue weighted by Crippen LogP contribution is -2.53. The molecule has 3 amide bonds. The molecule has 3 aromatic carbocycles. The van der Waals surface area contributed by atoms with Crippen LogP contribution in [0.1, 0.15) is 11.1 Å². The molecule has 3 N–H and O–H groups in total. The van der Waals surface area contributed by atoms with E-state index in [1.807, 2.05) is 48.7 Å². The second kappa shape index (κ2) is 7.93. The van der Waals surface area contributed by atoms with Crippen LogP contribution < -0.4 is 25.0 Å². The average Bonchev–Trinajstić information content (AvgIpc) is 3.73. The van der Waals surface area contributed by atoms with E-state index in [0.717, 1.165) is 20.9 Å². The number of anilines is 2. The predicted octanol–water partition coefficient (Wildman–Crippen LogP) is 3.83. The van der Waals surface area contributed by atoms with E-state index < -0.39 is 29.3 Å². The van der Waals surface area contributed by atoms with Crippen molar-refractivity contribution >= 4 is 55.9 Å². The number of amides is 3. The molecular weight excluding hydrogens is 564 g/mol. The van der Waals surface area contributed by atoms with Gasteiger partial charge in [-0.2, -0.15) is 0 Å². The largest absolute Gasteiger partial charge is 0.454 e. The zero-order valence-corrected chi connectivity index (χ0v) is 21.9. The summed E-state index contributed by atoms with van der Waals surface area (Å²) >= 11 is 3.52. The maximum atomic E-state index is 14.3. The summed E-state index contributed by atoms with van der Waals surface area (Å²) < 4.78 is 11.7. The third-order valence-corrected chi connectivity index (χ3v) is 8.90. The number of nitrogens with one attached hydrogen (secondary N) is 3. The number of aromatic amines is 1. The molecule has 4 atom stereocenters. The molecule has 9 nitrogen and oxygen atoms in total. The number of para-hydroxylation sites is 1. The maximum absolute atomic E-state index is 14.3. The quantitative estimate of drug-likeness (QED) is 0.315. The van der Waals surface area contributed by atoms with Crippen molar-refractivity contribution in [3.05, 3.63) is 82.5 Å². The molecule has 0 aliphatic carbocycles. The number of imide groups is 1. The Bertz CT molecular complexity index is 1750. The van der Waals surface area contributed by atoms with Crippen LogP contribution in [-0.2, 0) is 26.3 Å². The highest BCUT2D eigenvalue weighted by atomic mass is 79.9. The van der Waals surface area contributed by atoms with E-state index in [2.05, 4.69) is 31.5 Å². The Morgan fingerprint density at radius 3 is 2.72 bits per heavy atom. The normalized spacial score (nSPS) is 26.5. The van der Waals surface area contributed by atoms with Gasteiger partial charge in [0, 0.05) is 44.9 Å². The van der Waals surface area contributed by atoms with Crippen LogP contribution in [0, 0.1) is 11.8 Å². The molecule has 39 heavy (non-hydrogen) atoms. The van der Waals surface area contributed by atoms with Crippen LogP contribution in [0.15, 0.2) is 71.3 Å². The summed E-state index contributed by atoms with van der Waals surface area (Å²) in [5, 5.41) is 7.52. The van der Waals surface area contributed by atoms with Crippen molar-refractivity contribution in [1.29, 1.82) is 0 Å². The number of rotatable bonds is 3. The van der Waals surface area contributed by atoms with Gasteiger partial charge >= 0.3 is 0 Å². The van der Waals surface area contributed by atoms with Gasteiger partial charge < -0.3 is 19.8 Å². The summed E-state index contributed by atoms with van der Waals surface area (Å²) in [5.41, 5.74) is 2.29. The number of H-pyrrole nitrogens is 1. The van der Waals surface area contributed by atoms with Crippen molar-refractivity contribution in [3.63, 3.8) is 0 Å². The van der Waals surface area contributed by atoms with Crippen LogP contribution >= 0.6 is 15.9 Å². The number of benzene rings is 3.